The zero-order valence-corrected chi connectivity index (χ0v) is 10.1. The van der Waals surface area contributed by atoms with E-state index >= 15 is 0 Å². The van der Waals surface area contributed by atoms with E-state index in [9.17, 15) is 26.7 Å². The van der Waals surface area contributed by atoms with Crippen molar-refractivity contribution in [3.63, 3.8) is 0 Å². The van der Waals surface area contributed by atoms with E-state index in [0.29, 0.717) is 0 Å². The molecule has 0 aliphatic heterocycles. The lowest BCUT2D eigenvalue weighted by molar-refractivity contribution is -0.122. The maximum atomic E-state index is 13.2. The number of carbonyl (C=O) groups is 1. The Morgan fingerprint density at radius 3 is 2.05 bits per heavy atom. The van der Waals surface area contributed by atoms with Gasteiger partial charge in [0.1, 0.15) is 0 Å². The van der Waals surface area contributed by atoms with Gasteiger partial charge in [-0.15, -0.1) is 0 Å². The molecule has 1 rings (SSSR count). The first-order valence-electron chi connectivity index (χ1n) is 5.27. The van der Waals surface area contributed by atoms with Gasteiger partial charge < -0.3 is 5.11 Å². The molecule has 0 saturated heterocycles. The van der Waals surface area contributed by atoms with Crippen molar-refractivity contribution in [2.75, 3.05) is 0 Å². The van der Waals surface area contributed by atoms with Gasteiger partial charge in [-0.1, -0.05) is 0 Å². The van der Waals surface area contributed by atoms with Gasteiger partial charge >= 0.3 is 0 Å². The van der Waals surface area contributed by atoms with Crippen molar-refractivity contribution in [2.24, 2.45) is 5.10 Å². The van der Waals surface area contributed by atoms with E-state index in [1.165, 1.54) is 6.92 Å². The van der Waals surface area contributed by atoms with Crippen LogP contribution in [-0.2, 0) is 4.79 Å². The molecule has 1 atom stereocenters. The number of hydrogen-bond donors (Lipinski definition) is 2. The molecule has 20 heavy (non-hydrogen) atoms. The lowest BCUT2D eigenvalue weighted by Crippen LogP contribution is -2.22. The van der Waals surface area contributed by atoms with Gasteiger partial charge in [-0.25, -0.2) is 27.4 Å². The fourth-order valence-corrected chi connectivity index (χ4v) is 1.22. The molecule has 0 unspecified atom stereocenters. The van der Waals surface area contributed by atoms with Crippen molar-refractivity contribution >= 4 is 12.1 Å². The molecule has 0 aromatic heterocycles. The third kappa shape index (κ3) is 3.50. The summed E-state index contributed by atoms with van der Waals surface area (Å²) in [7, 11) is 0. The zero-order valence-electron chi connectivity index (χ0n) is 10.1. The second-order valence-corrected chi connectivity index (χ2v) is 3.83. The van der Waals surface area contributed by atoms with Gasteiger partial charge in [-0.2, -0.15) is 5.10 Å². The van der Waals surface area contributed by atoms with Gasteiger partial charge in [0.2, 0.25) is 11.7 Å². The molecule has 0 aliphatic carbocycles. The Morgan fingerprint density at radius 1 is 1.15 bits per heavy atom. The second kappa shape index (κ2) is 6.42. The van der Waals surface area contributed by atoms with Gasteiger partial charge in [0.25, 0.3) is 0 Å². The van der Waals surface area contributed by atoms with Crippen LogP contribution in [0.25, 0.3) is 0 Å². The molecule has 0 spiro atoms. The number of amides is 1. The highest BCUT2D eigenvalue weighted by Gasteiger charge is 2.24. The largest absolute Gasteiger partial charge is 0.393 e. The number of hydrazone groups is 1. The van der Waals surface area contributed by atoms with Crippen LogP contribution < -0.4 is 5.43 Å². The molecule has 1 amide bonds. The molecule has 0 saturated carbocycles. The van der Waals surface area contributed by atoms with Crippen LogP contribution in [0.4, 0.5) is 22.0 Å². The lowest BCUT2D eigenvalue weighted by Gasteiger charge is -2.04. The first kappa shape index (κ1) is 16.0. The lowest BCUT2D eigenvalue weighted by atomic mass is 10.2. The quantitative estimate of drug-likeness (QED) is 0.291. The Kier molecular flexibility index (Phi) is 5.14. The van der Waals surface area contributed by atoms with Crippen molar-refractivity contribution in [1.29, 1.82) is 0 Å². The fourth-order valence-electron chi connectivity index (χ4n) is 1.22. The molecule has 9 heteroatoms. The first-order chi connectivity index (χ1) is 9.25. The van der Waals surface area contributed by atoms with Crippen molar-refractivity contribution < 1.29 is 31.9 Å². The van der Waals surface area contributed by atoms with Crippen LogP contribution in [0.15, 0.2) is 5.10 Å². The summed E-state index contributed by atoms with van der Waals surface area (Å²) in [6.07, 6.45) is -1.02. The van der Waals surface area contributed by atoms with Crippen LogP contribution in [0.3, 0.4) is 0 Å². The predicted molar refractivity (Wildman–Crippen MR) is 58.3 cm³/mol. The molecular weight excluding hydrogens is 287 g/mol. The highest BCUT2D eigenvalue weighted by Crippen LogP contribution is 2.21. The topological polar surface area (TPSA) is 61.7 Å². The standard InChI is InChI=1S/C11H9F5N2O2/c1-4(19)2-6(20)18-17-3-5-7(12)9(14)11(16)10(15)8(5)13/h3-4,19H,2H2,1H3,(H,18,20)/b17-3-/t4-/m1/s1. The molecule has 0 heterocycles. The fraction of sp³-hybridized carbons (Fsp3) is 0.273. The van der Waals surface area contributed by atoms with E-state index in [-0.39, 0.29) is 12.6 Å². The first-order valence-corrected chi connectivity index (χ1v) is 5.27. The molecule has 1 aromatic rings. The summed E-state index contributed by atoms with van der Waals surface area (Å²) in [5.74, 6) is -11.4. The maximum Gasteiger partial charge on any atom is 0.242 e. The Labute approximate surface area is 109 Å². The van der Waals surface area contributed by atoms with Gasteiger partial charge in [-0.3, -0.25) is 4.79 Å². The minimum absolute atomic E-state index is 0.288. The Bertz CT molecular complexity index is 531. The van der Waals surface area contributed by atoms with Gasteiger partial charge in [0, 0.05) is 0 Å². The van der Waals surface area contributed by atoms with Gasteiger partial charge in [0.15, 0.2) is 23.3 Å². The molecule has 110 valence electrons. The van der Waals surface area contributed by atoms with Crippen molar-refractivity contribution in [3.05, 3.63) is 34.6 Å². The smallest absolute Gasteiger partial charge is 0.242 e. The monoisotopic (exact) mass is 296 g/mol. The molecule has 2 N–H and O–H groups in total. The highest BCUT2D eigenvalue weighted by molar-refractivity contribution is 5.83. The van der Waals surface area contributed by atoms with Crippen LogP contribution in [-0.4, -0.2) is 23.3 Å². The van der Waals surface area contributed by atoms with E-state index in [1.807, 2.05) is 0 Å². The molecular formula is C11H9F5N2O2. The third-order valence-electron chi connectivity index (χ3n) is 2.11. The summed E-state index contributed by atoms with van der Waals surface area (Å²) >= 11 is 0. The van der Waals surface area contributed by atoms with Crippen LogP contribution in [0.1, 0.15) is 18.9 Å². The average molecular weight is 296 g/mol. The number of aliphatic hydroxyl groups excluding tert-OH is 1. The summed E-state index contributed by atoms with van der Waals surface area (Å²) in [6, 6.07) is 0. The third-order valence-corrected chi connectivity index (χ3v) is 2.11. The number of carbonyl (C=O) groups excluding carboxylic acids is 1. The van der Waals surface area contributed by atoms with Crippen LogP contribution in [0, 0.1) is 29.1 Å². The Morgan fingerprint density at radius 2 is 1.60 bits per heavy atom. The number of nitrogens with zero attached hydrogens (tertiary/aromatic N) is 1. The Hall–Kier alpha value is -2.03. The minimum atomic E-state index is -2.28. The maximum absolute atomic E-state index is 13.2. The minimum Gasteiger partial charge on any atom is -0.393 e. The van der Waals surface area contributed by atoms with E-state index < -0.39 is 46.7 Å². The molecule has 0 radical (unpaired) electrons. The summed E-state index contributed by atoms with van der Waals surface area (Å²) in [5, 5.41) is 11.9. The predicted octanol–water partition coefficient (Wildman–Crippen LogP) is 1.60. The average Bonchev–Trinajstić information content (AvgIpc) is 2.37. The van der Waals surface area contributed by atoms with E-state index in [0.717, 1.165) is 0 Å². The molecule has 0 aliphatic rings. The SMILES string of the molecule is C[C@@H](O)CC(=O)N/N=C\c1c(F)c(F)c(F)c(F)c1F. The van der Waals surface area contributed by atoms with Crippen LogP contribution in [0.2, 0.25) is 0 Å². The number of rotatable bonds is 4. The summed E-state index contributed by atoms with van der Waals surface area (Å²) < 4.78 is 64.7. The van der Waals surface area contributed by atoms with Gasteiger partial charge in [-0.05, 0) is 6.92 Å². The zero-order chi connectivity index (χ0) is 15.4. The molecule has 0 fully saturated rings. The van der Waals surface area contributed by atoms with E-state index in [1.54, 1.807) is 5.43 Å². The highest BCUT2D eigenvalue weighted by atomic mass is 19.2. The number of halogens is 5. The summed E-state index contributed by atoms with van der Waals surface area (Å²) in [6.45, 7) is 1.31. The number of aliphatic hydroxyl groups is 1. The number of nitrogens with one attached hydrogen (secondary N) is 1. The van der Waals surface area contributed by atoms with Crippen molar-refractivity contribution in [1.82, 2.24) is 5.43 Å². The number of benzene rings is 1. The van der Waals surface area contributed by atoms with Crippen LogP contribution in [0.5, 0.6) is 0 Å². The van der Waals surface area contributed by atoms with E-state index in [4.69, 9.17) is 5.11 Å². The molecule has 0 bridgehead atoms. The Balaban J connectivity index is 2.96. The van der Waals surface area contributed by atoms with Crippen molar-refractivity contribution in [3.8, 4) is 0 Å². The summed E-state index contributed by atoms with van der Waals surface area (Å²) in [5.41, 5.74) is 0.490. The van der Waals surface area contributed by atoms with E-state index in [2.05, 4.69) is 5.10 Å². The van der Waals surface area contributed by atoms with Crippen LogP contribution >= 0.6 is 0 Å². The number of hydrogen-bond acceptors (Lipinski definition) is 3. The molecule has 1 aromatic carbocycles. The normalized spacial score (nSPS) is 12.8. The summed E-state index contributed by atoms with van der Waals surface area (Å²) in [4.78, 5) is 11.0. The van der Waals surface area contributed by atoms with Gasteiger partial charge in [0.05, 0.1) is 24.3 Å². The molecule has 4 nitrogen and oxygen atoms in total. The second-order valence-electron chi connectivity index (χ2n) is 3.83. The van der Waals surface area contributed by atoms with Crippen molar-refractivity contribution in [2.45, 2.75) is 19.4 Å².